The van der Waals surface area contributed by atoms with Crippen molar-refractivity contribution in [2.24, 2.45) is 0 Å². The molecule has 1 N–H and O–H groups in total. The second kappa shape index (κ2) is 8.36. The van der Waals surface area contributed by atoms with Crippen LogP contribution in [0.15, 0.2) is 36.7 Å². The topological polar surface area (TPSA) is 44.3 Å². The van der Waals surface area contributed by atoms with E-state index in [2.05, 4.69) is 39.1 Å². The van der Waals surface area contributed by atoms with Crippen LogP contribution < -0.4 is 10.2 Å². The van der Waals surface area contributed by atoms with Gasteiger partial charge in [0.15, 0.2) is 0 Å². The highest BCUT2D eigenvalue weighted by Crippen LogP contribution is 2.11. The Morgan fingerprint density at radius 3 is 2.52 bits per heavy atom. The molecule has 1 aliphatic heterocycles. The average molecular weight is 343 g/mol. The average Bonchev–Trinajstić information content (AvgIpc) is 2.61. The van der Waals surface area contributed by atoms with Gasteiger partial charge in [0.05, 0.1) is 0 Å². The first-order valence-corrected chi connectivity index (χ1v) is 8.82. The zero-order valence-electron chi connectivity index (χ0n) is 15.0. The zero-order valence-corrected chi connectivity index (χ0v) is 15.0. The van der Waals surface area contributed by atoms with Crippen molar-refractivity contribution in [3.05, 3.63) is 53.6 Å². The van der Waals surface area contributed by atoms with Gasteiger partial charge in [-0.25, -0.2) is 14.4 Å². The van der Waals surface area contributed by atoms with Gasteiger partial charge >= 0.3 is 0 Å². The first-order chi connectivity index (χ1) is 12.1. The van der Waals surface area contributed by atoms with Gasteiger partial charge in [-0.1, -0.05) is 12.1 Å². The van der Waals surface area contributed by atoms with Crippen LogP contribution in [0.3, 0.4) is 0 Å². The number of piperazine rings is 1. The summed E-state index contributed by atoms with van der Waals surface area (Å²) >= 11 is 0. The lowest BCUT2D eigenvalue weighted by Gasteiger charge is -2.32. The Hall–Kier alpha value is -2.05. The Bertz CT molecular complexity index is 668. The third-order valence-corrected chi connectivity index (χ3v) is 4.56. The van der Waals surface area contributed by atoms with Crippen LogP contribution >= 0.6 is 0 Å². The summed E-state index contributed by atoms with van der Waals surface area (Å²) < 4.78 is 13.2. The molecule has 0 saturated carbocycles. The number of aromatic nitrogens is 2. The Balaban J connectivity index is 1.48. The van der Waals surface area contributed by atoms with Gasteiger partial charge in [0.2, 0.25) is 5.95 Å². The fourth-order valence-corrected chi connectivity index (χ4v) is 2.99. The molecular weight excluding hydrogens is 317 g/mol. The highest BCUT2D eigenvalue weighted by molar-refractivity contribution is 5.30. The maximum atomic E-state index is 13.2. The summed E-state index contributed by atoms with van der Waals surface area (Å²) in [5.41, 5.74) is 2.06. The molecule has 0 unspecified atom stereocenters. The second-order valence-electron chi connectivity index (χ2n) is 6.80. The van der Waals surface area contributed by atoms with Crippen LogP contribution in [0.5, 0.6) is 0 Å². The van der Waals surface area contributed by atoms with E-state index in [1.165, 1.54) is 6.07 Å². The highest BCUT2D eigenvalue weighted by atomic mass is 19.1. The van der Waals surface area contributed by atoms with Crippen molar-refractivity contribution in [1.82, 2.24) is 20.2 Å². The molecule has 1 saturated heterocycles. The third kappa shape index (κ3) is 5.21. The van der Waals surface area contributed by atoms with E-state index in [4.69, 9.17) is 0 Å². The maximum Gasteiger partial charge on any atom is 0.225 e. The van der Waals surface area contributed by atoms with Gasteiger partial charge in [0.25, 0.3) is 0 Å². The standard InChI is InChI=1S/C19H26FN5/c1-15(10-16-4-3-5-18(20)11-16)21-12-17-13-22-19(23-14-17)25-8-6-24(2)7-9-25/h3-5,11,13-15,21H,6-10,12H2,1-2H3/t15-/m0/s1. The van der Waals surface area contributed by atoms with E-state index in [0.717, 1.165) is 49.7 Å². The molecule has 1 atom stereocenters. The number of hydrogen-bond acceptors (Lipinski definition) is 5. The minimum Gasteiger partial charge on any atom is -0.338 e. The molecule has 25 heavy (non-hydrogen) atoms. The Morgan fingerprint density at radius 2 is 1.84 bits per heavy atom. The number of likely N-dealkylation sites (N-methyl/N-ethyl adjacent to an activating group) is 1. The smallest absolute Gasteiger partial charge is 0.225 e. The van der Waals surface area contributed by atoms with Crippen molar-refractivity contribution in [2.75, 3.05) is 38.1 Å². The van der Waals surface area contributed by atoms with Crippen LogP contribution in [0, 0.1) is 5.82 Å². The monoisotopic (exact) mass is 343 g/mol. The van der Waals surface area contributed by atoms with Crippen LogP contribution in [-0.2, 0) is 13.0 Å². The van der Waals surface area contributed by atoms with Crippen molar-refractivity contribution in [2.45, 2.75) is 25.9 Å². The molecule has 0 amide bonds. The van der Waals surface area contributed by atoms with Gasteiger partial charge < -0.3 is 15.1 Å². The lowest BCUT2D eigenvalue weighted by Crippen LogP contribution is -2.45. The summed E-state index contributed by atoms with van der Waals surface area (Å²) in [6.07, 6.45) is 4.57. The minimum absolute atomic E-state index is 0.183. The number of rotatable bonds is 6. The lowest BCUT2D eigenvalue weighted by atomic mass is 10.1. The number of anilines is 1. The Morgan fingerprint density at radius 1 is 1.12 bits per heavy atom. The molecule has 0 bridgehead atoms. The van der Waals surface area contributed by atoms with E-state index in [1.54, 1.807) is 12.1 Å². The normalized spacial score (nSPS) is 16.8. The van der Waals surface area contributed by atoms with Gasteiger partial charge in [-0.3, -0.25) is 0 Å². The molecule has 6 heteroatoms. The molecule has 0 spiro atoms. The maximum absolute atomic E-state index is 13.2. The summed E-state index contributed by atoms with van der Waals surface area (Å²) in [7, 11) is 2.14. The number of nitrogens with zero attached hydrogens (tertiary/aromatic N) is 4. The van der Waals surface area contributed by atoms with Crippen LogP contribution in [-0.4, -0.2) is 54.1 Å². The van der Waals surface area contributed by atoms with E-state index < -0.39 is 0 Å². The van der Waals surface area contributed by atoms with Crippen molar-refractivity contribution in [3.63, 3.8) is 0 Å². The first kappa shape index (κ1) is 17.8. The molecular formula is C19H26FN5. The number of hydrogen-bond donors (Lipinski definition) is 1. The highest BCUT2D eigenvalue weighted by Gasteiger charge is 2.16. The van der Waals surface area contributed by atoms with Gasteiger partial charge in [0, 0.05) is 56.7 Å². The lowest BCUT2D eigenvalue weighted by molar-refractivity contribution is 0.311. The van der Waals surface area contributed by atoms with Gasteiger partial charge in [-0.05, 0) is 38.1 Å². The van der Waals surface area contributed by atoms with Crippen molar-refractivity contribution in [1.29, 1.82) is 0 Å². The summed E-state index contributed by atoms with van der Waals surface area (Å²) in [6, 6.07) is 7.02. The predicted octanol–water partition coefficient (Wildman–Crippen LogP) is 2.09. The molecule has 1 aromatic carbocycles. The van der Waals surface area contributed by atoms with Crippen molar-refractivity contribution < 1.29 is 4.39 Å². The number of nitrogens with one attached hydrogen (secondary N) is 1. The first-order valence-electron chi connectivity index (χ1n) is 8.82. The van der Waals surface area contributed by atoms with E-state index in [9.17, 15) is 4.39 Å². The van der Waals surface area contributed by atoms with E-state index >= 15 is 0 Å². The molecule has 0 radical (unpaired) electrons. The third-order valence-electron chi connectivity index (χ3n) is 4.56. The Kier molecular flexibility index (Phi) is 5.94. The minimum atomic E-state index is -0.183. The number of halogens is 1. The van der Waals surface area contributed by atoms with E-state index in [0.29, 0.717) is 6.54 Å². The van der Waals surface area contributed by atoms with Gasteiger partial charge in [-0.2, -0.15) is 0 Å². The molecule has 5 nitrogen and oxygen atoms in total. The zero-order chi connectivity index (χ0) is 17.6. The van der Waals surface area contributed by atoms with Gasteiger partial charge in [-0.15, -0.1) is 0 Å². The molecule has 1 fully saturated rings. The summed E-state index contributed by atoms with van der Waals surface area (Å²) in [6.45, 7) is 6.84. The molecule has 134 valence electrons. The van der Waals surface area contributed by atoms with Crippen molar-refractivity contribution >= 4 is 5.95 Å². The predicted molar refractivity (Wildman–Crippen MR) is 98.1 cm³/mol. The Labute approximate surface area is 148 Å². The molecule has 1 aromatic heterocycles. The molecule has 2 heterocycles. The fourth-order valence-electron chi connectivity index (χ4n) is 2.99. The van der Waals surface area contributed by atoms with Crippen LogP contribution in [0.2, 0.25) is 0 Å². The fraction of sp³-hybridized carbons (Fsp3) is 0.474. The second-order valence-corrected chi connectivity index (χ2v) is 6.80. The molecule has 3 rings (SSSR count). The molecule has 0 aliphatic carbocycles. The summed E-state index contributed by atoms with van der Waals surface area (Å²) in [5, 5.41) is 3.45. The molecule has 2 aromatic rings. The van der Waals surface area contributed by atoms with Crippen LogP contribution in [0.25, 0.3) is 0 Å². The van der Waals surface area contributed by atoms with E-state index in [-0.39, 0.29) is 11.9 Å². The van der Waals surface area contributed by atoms with E-state index in [1.807, 2.05) is 18.5 Å². The van der Waals surface area contributed by atoms with Gasteiger partial charge in [0.1, 0.15) is 5.82 Å². The summed E-state index contributed by atoms with van der Waals surface area (Å²) in [5.74, 6) is 0.627. The number of benzene rings is 1. The van der Waals surface area contributed by atoms with Crippen LogP contribution in [0.1, 0.15) is 18.1 Å². The SMILES string of the molecule is C[C@@H](Cc1cccc(F)c1)NCc1cnc(N2CCN(C)CC2)nc1. The molecule has 1 aliphatic rings. The largest absolute Gasteiger partial charge is 0.338 e. The summed E-state index contributed by atoms with van der Waals surface area (Å²) in [4.78, 5) is 13.6. The van der Waals surface area contributed by atoms with Crippen molar-refractivity contribution in [3.8, 4) is 0 Å². The quantitative estimate of drug-likeness (QED) is 0.870. The van der Waals surface area contributed by atoms with Crippen LogP contribution in [0.4, 0.5) is 10.3 Å².